The van der Waals surface area contributed by atoms with Crippen LogP contribution in [-0.4, -0.2) is 17.2 Å². The molecule has 1 aromatic rings. The number of phenolic OH excluding ortho intramolecular Hbond substituents is 1. The Kier molecular flexibility index (Phi) is 5.69. The lowest BCUT2D eigenvalue weighted by Gasteiger charge is -2.18. The van der Waals surface area contributed by atoms with Crippen molar-refractivity contribution in [2.45, 2.75) is 46.1 Å². The zero-order valence-corrected chi connectivity index (χ0v) is 11.3. The molecule has 1 atom stereocenters. The number of carbonyl (C=O) groups is 1. The zero-order chi connectivity index (χ0) is 13.5. The van der Waals surface area contributed by atoms with Crippen LogP contribution in [0.1, 0.15) is 50.4 Å². The molecule has 18 heavy (non-hydrogen) atoms. The predicted molar refractivity (Wildman–Crippen MR) is 71.7 cm³/mol. The number of benzene rings is 1. The van der Waals surface area contributed by atoms with Gasteiger partial charge in [-0.05, 0) is 43.5 Å². The maximum absolute atomic E-state index is 11.8. The van der Waals surface area contributed by atoms with Gasteiger partial charge in [-0.25, -0.2) is 4.79 Å². The number of esters is 1. The number of rotatable bonds is 6. The molecule has 1 N–H and O–H groups in total. The van der Waals surface area contributed by atoms with Crippen LogP contribution >= 0.6 is 0 Å². The summed E-state index contributed by atoms with van der Waals surface area (Å²) in [4.78, 5) is 11.8. The minimum atomic E-state index is -0.326. The van der Waals surface area contributed by atoms with Gasteiger partial charge in [0.1, 0.15) is 5.75 Å². The highest BCUT2D eigenvalue weighted by Crippen LogP contribution is 2.18. The Hall–Kier alpha value is -1.51. The van der Waals surface area contributed by atoms with E-state index < -0.39 is 0 Å². The van der Waals surface area contributed by atoms with Crippen molar-refractivity contribution in [3.8, 4) is 5.75 Å². The van der Waals surface area contributed by atoms with E-state index in [2.05, 4.69) is 13.8 Å². The molecule has 0 saturated carbocycles. The molecule has 0 amide bonds. The highest BCUT2D eigenvalue weighted by Gasteiger charge is 2.15. The van der Waals surface area contributed by atoms with Gasteiger partial charge in [0, 0.05) is 0 Å². The Morgan fingerprint density at radius 3 is 2.28 bits per heavy atom. The number of hydrogen-bond donors (Lipinski definition) is 1. The van der Waals surface area contributed by atoms with E-state index in [4.69, 9.17) is 9.84 Å². The molecule has 1 aromatic carbocycles. The van der Waals surface area contributed by atoms with Gasteiger partial charge in [-0.15, -0.1) is 0 Å². The van der Waals surface area contributed by atoms with E-state index in [0.29, 0.717) is 11.5 Å². The molecule has 3 heteroatoms. The van der Waals surface area contributed by atoms with Crippen molar-refractivity contribution in [3.63, 3.8) is 0 Å². The average Bonchev–Trinajstić information content (AvgIpc) is 2.36. The fourth-order valence-corrected chi connectivity index (χ4v) is 1.99. The summed E-state index contributed by atoms with van der Waals surface area (Å²) in [6.07, 6.45) is 3.04. The zero-order valence-electron chi connectivity index (χ0n) is 11.3. The van der Waals surface area contributed by atoms with Crippen LogP contribution in [0.5, 0.6) is 5.75 Å². The second-order valence-corrected chi connectivity index (χ2v) is 4.68. The van der Waals surface area contributed by atoms with Gasteiger partial charge in [0.15, 0.2) is 0 Å². The molecule has 0 bridgehead atoms. The molecule has 3 nitrogen and oxygen atoms in total. The summed E-state index contributed by atoms with van der Waals surface area (Å²) in [5, 5.41) is 9.15. The lowest BCUT2D eigenvalue weighted by Crippen LogP contribution is -2.18. The van der Waals surface area contributed by atoms with Crippen molar-refractivity contribution in [2.75, 3.05) is 0 Å². The minimum absolute atomic E-state index is 0.0730. The van der Waals surface area contributed by atoms with Gasteiger partial charge in [-0.2, -0.15) is 0 Å². The van der Waals surface area contributed by atoms with Crippen LogP contribution in [0, 0.1) is 5.92 Å². The molecular weight excluding hydrogens is 228 g/mol. The number of ether oxygens (including phenoxy) is 1. The number of carbonyl (C=O) groups excluding carboxylic acids is 1. The first-order valence-electron chi connectivity index (χ1n) is 6.56. The summed E-state index contributed by atoms with van der Waals surface area (Å²) < 4.78 is 5.39. The molecular formula is C15H22O3. The third-order valence-electron chi connectivity index (χ3n) is 3.23. The van der Waals surface area contributed by atoms with Gasteiger partial charge < -0.3 is 9.84 Å². The number of aromatic hydroxyl groups is 1. The van der Waals surface area contributed by atoms with E-state index in [1.807, 2.05) is 6.92 Å². The third-order valence-corrected chi connectivity index (χ3v) is 3.23. The van der Waals surface area contributed by atoms with Crippen LogP contribution in [0.15, 0.2) is 24.3 Å². The number of phenols is 1. The van der Waals surface area contributed by atoms with E-state index in [1.165, 1.54) is 12.1 Å². The minimum Gasteiger partial charge on any atom is -0.508 e. The summed E-state index contributed by atoms with van der Waals surface area (Å²) in [6.45, 7) is 6.24. The highest BCUT2D eigenvalue weighted by molar-refractivity contribution is 5.89. The normalized spacial score (nSPS) is 12.4. The van der Waals surface area contributed by atoms with E-state index in [9.17, 15) is 4.79 Å². The van der Waals surface area contributed by atoms with Crippen LogP contribution in [0.4, 0.5) is 0 Å². The van der Waals surface area contributed by atoms with Crippen LogP contribution in [0.2, 0.25) is 0 Å². The molecule has 0 aromatic heterocycles. The summed E-state index contributed by atoms with van der Waals surface area (Å²) in [7, 11) is 0. The molecule has 0 radical (unpaired) electrons. The maximum atomic E-state index is 11.8. The van der Waals surface area contributed by atoms with Gasteiger partial charge in [0.05, 0.1) is 11.7 Å². The Labute approximate surface area is 109 Å². The van der Waals surface area contributed by atoms with Crippen LogP contribution < -0.4 is 0 Å². The van der Waals surface area contributed by atoms with E-state index in [-0.39, 0.29) is 17.8 Å². The van der Waals surface area contributed by atoms with Crippen molar-refractivity contribution in [3.05, 3.63) is 29.8 Å². The van der Waals surface area contributed by atoms with E-state index in [0.717, 1.165) is 19.3 Å². The highest BCUT2D eigenvalue weighted by atomic mass is 16.5. The molecule has 100 valence electrons. The molecule has 0 fully saturated rings. The quantitative estimate of drug-likeness (QED) is 0.782. The Morgan fingerprint density at radius 1 is 1.22 bits per heavy atom. The van der Waals surface area contributed by atoms with Crippen LogP contribution in [0.3, 0.4) is 0 Å². The molecule has 0 aliphatic heterocycles. The molecule has 1 unspecified atom stereocenters. The second kappa shape index (κ2) is 7.04. The predicted octanol–water partition coefficient (Wildman–Crippen LogP) is 3.76. The van der Waals surface area contributed by atoms with Gasteiger partial charge in [0.25, 0.3) is 0 Å². The average molecular weight is 250 g/mol. The topological polar surface area (TPSA) is 46.5 Å². The Morgan fingerprint density at radius 2 is 1.78 bits per heavy atom. The van der Waals surface area contributed by atoms with Gasteiger partial charge in [-0.3, -0.25) is 0 Å². The maximum Gasteiger partial charge on any atom is 0.338 e. The van der Waals surface area contributed by atoms with Crippen molar-refractivity contribution in [2.24, 2.45) is 5.92 Å². The lowest BCUT2D eigenvalue weighted by molar-refractivity contribution is 0.0285. The van der Waals surface area contributed by atoms with Gasteiger partial charge in [-0.1, -0.05) is 26.7 Å². The molecule has 0 saturated heterocycles. The first kappa shape index (κ1) is 14.6. The summed E-state index contributed by atoms with van der Waals surface area (Å²) >= 11 is 0. The SMILES string of the molecule is CCC(CC)CC(C)OC(=O)c1ccc(O)cc1. The number of hydrogen-bond acceptors (Lipinski definition) is 3. The fourth-order valence-electron chi connectivity index (χ4n) is 1.99. The molecule has 0 heterocycles. The smallest absolute Gasteiger partial charge is 0.338 e. The van der Waals surface area contributed by atoms with Crippen molar-refractivity contribution in [1.29, 1.82) is 0 Å². The summed E-state index contributed by atoms with van der Waals surface area (Å²) in [5.74, 6) is 0.428. The van der Waals surface area contributed by atoms with Crippen molar-refractivity contribution in [1.82, 2.24) is 0 Å². The van der Waals surface area contributed by atoms with Crippen molar-refractivity contribution < 1.29 is 14.6 Å². The Balaban J connectivity index is 2.51. The van der Waals surface area contributed by atoms with Gasteiger partial charge >= 0.3 is 5.97 Å². The van der Waals surface area contributed by atoms with Gasteiger partial charge in [0.2, 0.25) is 0 Å². The Bertz CT molecular complexity index is 366. The van der Waals surface area contributed by atoms with Crippen LogP contribution in [0.25, 0.3) is 0 Å². The van der Waals surface area contributed by atoms with Crippen molar-refractivity contribution >= 4 is 5.97 Å². The summed E-state index contributed by atoms with van der Waals surface area (Å²) in [6, 6.07) is 6.12. The second-order valence-electron chi connectivity index (χ2n) is 4.68. The molecule has 0 spiro atoms. The molecule has 0 aliphatic rings. The van der Waals surface area contributed by atoms with E-state index >= 15 is 0 Å². The van der Waals surface area contributed by atoms with Crippen LogP contribution in [-0.2, 0) is 4.74 Å². The van der Waals surface area contributed by atoms with E-state index in [1.54, 1.807) is 12.1 Å². The monoisotopic (exact) mass is 250 g/mol. The lowest BCUT2D eigenvalue weighted by atomic mass is 9.97. The largest absolute Gasteiger partial charge is 0.508 e. The standard InChI is InChI=1S/C15H22O3/c1-4-12(5-2)10-11(3)18-15(17)13-6-8-14(16)9-7-13/h6-9,11-12,16H,4-5,10H2,1-3H3. The molecule has 1 rings (SSSR count). The first-order valence-corrected chi connectivity index (χ1v) is 6.56. The first-order chi connectivity index (χ1) is 8.56. The third kappa shape index (κ3) is 4.40. The molecule has 0 aliphatic carbocycles. The fraction of sp³-hybridized carbons (Fsp3) is 0.533. The summed E-state index contributed by atoms with van der Waals surface area (Å²) in [5.41, 5.74) is 0.476.